The number of nitrogens with one attached hydrogen (secondary N) is 1. The quantitative estimate of drug-likeness (QED) is 0.756. The number of imidazole rings is 1. The average molecular weight is 215 g/mol. The van der Waals surface area contributed by atoms with Crippen molar-refractivity contribution in [3.63, 3.8) is 0 Å². The Kier molecular flexibility index (Phi) is 2.69. The van der Waals surface area contributed by atoms with Crippen molar-refractivity contribution >= 4 is 5.69 Å². The summed E-state index contributed by atoms with van der Waals surface area (Å²) >= 11 is 0. The summed E-state index contributed by atoms with van der Waals surface area (Å²) in [6, 6.07) is 7.84. The van der Waals surface area contributed by atoms with Gasteiger partial charge in [-0.05, 0) is 18.9 Å². The van der Waals surface area contributed by atoms with E-state index in [1.807, 2.05) is 31.2 Å². The van der Waals surface area contributed by atoms with Gasteiger partial charge in [0.2, 0.25) is 0 Å². The molecule has 0 fully saturated rings. The van der Waals surface area contributed by atoms with E-state index in [9.17, 15) is 0 Å². The summed E-state index contributed by atoms with van der Waals surface area (Å²) in [6.45, 7) is 6.26. The van der Waals surface area contributed by atoms with Crippen molar-refractivity contribution < 1.29 is 0 Å². The van der Waals surface area contributed by atoms with Crippen molar-refractivity contribution in [1.29, 1.82) is 0 Å². The van der Waals surface area contributed by atoms with Crippen LogP contribution in [0.25, 0.3) is 11.3 Å². The molecule has 1 aromatic heterocycles. The number of anilines is 1. The van der Waals surface area contributed by atoms with Gasteiger partial charge in [0.15, 0.2) is 0 Å². The molecule has 0 aliphatic rings. The molecule has 16 heavy (non-hydrogen) atoms. The molecule has 0 bridgehead atoms. The highest BCUT2D eigenvalue weighted by molar-refractivity contribution is 5.75. The second kappa shape index (κ2) is 4.00. The largest absolute Gasteiger partial charge is 0.398 e. The van der Waals surface area contributed by atoms with Crippen LogP contribution in [0.1, 0.15) is 31.3 Å². The van der Waals surface area contributed by atoms with Crippen LogP contribution in [0.5, 0.6) is 0 Å². The molecule has 0 radical (unpaired) electrons. The number of nitrogen functional groups attached to an aromatic ring is 1. The minimum Gasteiger partial charge on any atom is -0.398 e. The van der Waals surface area contributed by atoms with E-state index in [2.05, 4.69) is 23.8 Å². The van der Waals surface area contributed by atoms with Crippen LogP contribution in [-0.4, -0.2) is 9.97 Å². The van der Waals surface area contributed by atoms with Gasteiger partial charge in [-0.3, -0.25) is 0 Å². The van der Waals surface area contributed by atoms with Crippen molar-refractivity contribution in [1.82, 2.24) is 9.97 Å². The number of nitrogens with two attached hydrogens (primary N) is 1. The van der Waals surface area contributed by atoms with Crippen LogP contribution in [0, 0.1) is 6.92 Å². The third-order valence-corrected chi connectivity index (χ3v) is 2.64. The van der Waals surface area contributed by atoms with Gasteiger partial charge in [-0.1, -0.05) is 32.0 Å². The predicted octanol–water partition coefficient (Wildman–Crippen LogP) is 3.09. The molecule has 0 spiro atoms. The summed E-state index contributed by atoms with van der Waals surface area (Å²) in [7, 11) is 0. The number of hydrogen-bond donors (Lipinski definition) is 2. The first kappa shape index (κ1) is 10.7. The van der Waals surface area contributed by atoms with Crippen molar-refractivity contribution in [3.05, 3.63) is 35.8 Å². The average Bonchev–Trinajstić information content (AvgIpc) is 2.61. The Bertz CT molecular complexity index is 498. The Morgan fingerprint density at radius 1 is 1.25 bits per heavy atom. The first-order valence-corrected chi connectivity index (χ1v) is 5.51. The molecule has 84 valence electrons. The van der Waals surface area contributed by atoms with E-state index in [0.29, 0.717) is 5.92 Å². The van der Waals surface area contributed by atoms with Crippen LogP contribution in [0.4, 0.5) is 5.69 Å². The van der Waals surface area contributed by atoms with Gasteiger partial charge >= 0.3 is 0 Å². The molecule has 0 aliphatic carbocycles. The maximum Gasteiger partial charge on any atom is 0.103 e. The van der Waals surface area contributed by atoms with Gasteiger partial charge < -0.3 is 10.7 Å². The van der Waals surface area contributed by atoms with E-state index in [1.54, 1.807) is 0 Å². The van der Waals surface area contributed by atoms with Crippen molar-refractivity contribution in [2.45, 2.75) is 26.7 Å². The molecule has 3 nitrogen and oxygen atoms in total. The number of aromatic nitrogens is 2. The fourth-order valence-corrected chi connectivity index (χ4v) is 1.85. The van der Waals surface area contributed by atoms with E-state index in [0.717, 1.165) is 28.5 Å². The molecule has 0 unspecified atom stereocenters. The third kappa shape index (κ3) is 1.81. The van der Waals surface area contributed by atoms with Crippen LogP contribution in [0.15, 0.2) is 24.3 Å². The Hall–Kier alpha value is -1.77. The highest BCUT2D eigenvalue weighted by Crippen LogP contribution is 2.30. The van der Waals surface area contributed by atoms with Gasteiger partial charge in [-0.15, -0.1) is 0 Å². The molecule has 0 aliphatic heterocycles. The van der Waals surface area contributed by atoms with Crippen LogP contribution in [-0.2, 0) is 0 Å². The zero-order valence-corrected chi connectivity index (χ0v) is 9.91. The Morgan fingerprint density at radius 2 is 1.94 bits per heavy atom. The fourth-order valence-electron chi connectivity index (χ4n) is 1.85. The van der Waals surface area contributed by atoms with Gasteiger partial charge in [-0.25, -0.2) is 4.98 Å². The molecular weight excluding hydrogens is 198 g/mol. The molecule has 0 amide bonds. The van der Waals surface area contributed by atoms with Crippen molar-refractivity contribution in [2.24, 2.45) is 0 Å². The van der Waals surface area contributed by atoms with Crippen LogP contribution in [0.2, 0.25) is 0 Å². The summed E-state index contributed by atoms with van der Waals surface area (Å²) in [5.74, 6) is 1.35. The number of nitrogens with zero attached hydrogens (tertiary/aromatic N) is 1. The maximum atomic E-state index is 5.98. The van der Waals surface area contributed by atoms with Crippen molar-refractivity contribution in [2.75, 3.05) is 5.73 Å². The summed E-state index contributed by atoms with van der Waals surface area (Å²) < 4.78 is 0. The molecule has 2 aromatic rings. The summed E-state index contributed by atoms with van der Waals surface area (Å²) in [4.78, 5) is 7.83. The van der Waals surface area contributed by atoms with Gasteiger partial charge in [0.25, 0.3) is 0 Å². The van der Waals surface area contributed by atoms with Gasteiger partial charge in [0, 0.05) is 16.9 Å². The van der Waals surface area contributed by atoms with Crippen LogP contribution in [0.3, 0.4) is 0 Å². The third-order valence-electron chi connectivity index (χ3n) is 2.64. The lowest BCUT2D eigenvalue weighted by Gasteiger charge is -2.07. The number of H-pyrrole nitrogens is 1. The van der Waals surface area contributed by atoms with Gasteiger partial charge in [0.05, 0.1) is 5.69 Å². The normalized spacial score (nSPS) is 11.0. The number of benzene rings is 1. The van der Waals surface area contributed by atoms with Gasteiger partial charge in [-0.2, -0.15) is 0 Å². The van der Waals surface area contributed by atoms with Crippen LogP contribution >= 0.6 is 0 Å². The monoisotopic (exact) mass is 215 g/mol. The Labute approximate surface area is 95.7 Å². The fraction of sp³-hybridized carbons (Fsp3) is 0.308. The molecule has 3 heteroatoms. The van der Waals surface area contributed by atoms with Crippen LogP contribution < -0.4 is 5.73 Å². The smallest absolute Gasteiger partial charge is 0.103 e. The first-order valence-electron chi connectivity index (χ1n) is 5.51. The molecule has 1 aromatic carbocycles. The number of rotatable bonds is 2. The molecule has 3 N–H and O–H groups in total. The molecule has 2 rings (SSSR count). The lowest BCUT2D eigenvalue weighted by molar-refractivity contribution is 0.831. The Balaban J connectivity index is 2.60. The maximum absolute atomic E-state index is 5.98. The van der Waals surface area contributed by atoms with E-state index >= 15 is 0 Å². The second-order valence-electron chi connectivity index (χ2n) is 4.33. The predicted molar refractivity (Wildman–Crippen MR) is 67.3 cm³/mol. The van der Waals surface area contributed by atoms with E-state index in [1.165, 1.54) is 0 Å². The lowest BCUT2D eigenvalue weighted by atomic mass is 10.0. The number of para-hydroxylation sites is 1. The minimum atomic E-state index is 0.413. The highest BCUT2D eigenvalue weighted by atomic mass is 14.9. The topological polar surface area (TPSA) is 54.7 Å². The lowest BCUT2D eigenvalue weighted by Crippen LogP contribution is -1.95. The standard InChI is InChI=1S/C13H17N3/c1-8(2)12-13(16-9(3)15-12)10-6-4-5-7-11(10)14/h4-8H,14H2,1-3H3,(H,15,16). The molecule has 0 atom stereocenters. The summed E-state index contributed by atoms with van der Waals surface area (Å²) in [6.07, 6.45) is 0. The Morgan fingerprint density at radius 3 is 2.56 bits per heavy atom. The number of hydrogen-bond acceptors (Lipinski definition) is 2. The SMILES string of the molecule is Cc1nc(-c2ccccc2N)c(C(C)C)[nH]1. The number of aromatic amines is 1. The van der Waals surface area contributed by atoms with Gasteiger partial charge in [0.1, 0.15) is 5.82 Å². The van der Waals surface area contributed by atoms with Crippen molar-refractivity contribution in [3.8, 4) is 11.3 Å². The summed E-state index contributed by atoms with van der Waals surface area (Å²) in [5, 5.41) is 0. The second-order valence-corrected chi connectivity index (χ2v) is 4.33. The molecule has 0 saturated heterocycles. The zero-order chi connectivity index (χ0) is 11.7. The summed E-state index contributed by atoms with van der Waals surface area (Å²) in [5.41, 5.74) is 9.89. The minimum absolute atomic E-state index is 0.413. The first-order chi connectivity index (χ1) is 7.59. The zero-order valence-electron chi connectivity index (χ0n) is 9.91. The highest BCUT2D eigenvalue weighted by Gasteiger charge is 2.14. The number of aryl methyl sites for hydroxylation is 1. The van der Waals surface area contributed by atoms with E-state index in [-0.39, 0.29) is 0 Å². The van der Waals surface area contributed by atoms with E-state index < -0.39 is 0 Å². The van der Waals surface area contributed by atoms with E-state index in [4.69, 9.17) is 5.73 Å². The molecule has 1 heterocycles. The molecular formula is C13H17N3. The molecule has 0 saturated carbocycles.